The molecular weight excluding hydrogens is 300 g/mol. The first-order valence-electron chi connectivity index (χ1n) is 7.22. The Labute approximate surface area is 133 Å². The van der Waals surface area contributed by atoms with Crippen molar-refractivity contribution in [3.05, 3.63) is 39.0 Å². The smallest absolute Gasteiger partial charge is 0.320 e. The summed E-state index contributed by atoms with van der Waals surface area (Å²) >= 11 is 0. The summed E-state index contributed by atoms with van der Waals surface area (Å²) in [5.41, 5.74) is 2.33. The predicted octanol–water partition coefficient (Wildman–Crippen LogP) is 1.43. The molecule has 9 nitrogen and oxygen atoms in total. The van der Waals surface area contributed by atoms with E-state index in [1.54, 1.807) is 14.1 Å². The van der Waals surface area contributed by atoms with Crippen molar-refractivity contribution < 1.29 is 9.72 Å². The van der Waals surface area contributed by atoms with E-state index in [0.29, 0.717) is 6.54 Å². The van der Waals surface area contributed by atoms with Crippen LogP contribution in [0, 0.1) is 24.0 Å². The van der Waals surface area contributed by atoms with Gasteiger partial charge in [-0.2, -0.15) is 10.2 Å². The molecule has 23 heavy (non-hydrogen) atoms. The first-order chi connectivity index (χ1) is 10.8. The standard InChI is InChI=1S/C14H20N6O3/c1-6-19-10(3)11(9(2)15-19)7-17(4)14(21)13-12(20(22)23)8-18(5)16-13/h8H,6-7H2,1-5H3. The predicted molar refractivity (Wildman–Crippen MR) is 83.0 cm³/mol. The van der Waals surface area contributed by atoms with E-state index in [4.69, 9.17) is 0 Å². The Morgan fingerprint density at radius 1 is 1.39 bits per heavy atom. The molecule has 0 spiro atoms. The molecule has 0 fully saturated rings. The average Bonchev–Trinajstić information content (AvgIpc) is 3.01. The summed E-state index contributed by atoms with van der Waals surface area (Å²) in [6.45, 7) is 6.89. The van der Waals surface area contributed by atoms with Gasteiger partial charge >= 0.3 is 5.69 Å². The van der Waals surface area contributed by atoms with Crippen molar-refractivity contribution in [1.29, 1.82) is 0 Å². The van der Waals surface area contributed by atoms with Gasteiger partial charge in [0, 0.05) is 38.4 Å². The molecule has 0 saturated heterocycles. The van der Waals surface area contributed by atoms with Gasteiger partial charge in [0.1, 0.15) is 6.20 Å². The second-order valence-electron chi connectivity index (χ2n) is 5.42. The zero-order valence-corrected chi connectivity index (χ0v) is 13.9. The molecule has 0 aliphatic carbocycles. The molecule has 0 bridgehead atoms. The second-order valence-corrected chi connectivity index (χ2v) is 5.42. The Hall–Kier alpha value is -2.71. The Morgan fingerprint density at radius 3 is 2.57 bits per heavy atom. The van der Waals surface area contributed by atoms with E-state index in [2.05, 4.69) is 10.2 Å². The van der Waals surface area contributed by atoms with Crippen molar-refractivity contribution in [2.75, 3.05) is 7.05 Å². The number of aromatic nitrogens is 4. The van der Waals surface area contributed by atoms with Gasteiger partial charge in [-0.25, -0.2) is 0 Å². The number of nitro groups is 1. The fraction of sp³-hybridized carbons (Fsp3) is 0.500. The highest BCUT2D eigenvalue weighted by Crippen LogP contribution is 2.20. The van der Waals surface area contributed by atoms with E-state index in [1.807, 2.05) is 25.5 Å². The first kappa shape index (κ1) is 16.7. The number of amides is 1. The van der Waals surface area contributed by atoms with Crippen LogP contribution in [0.1, 0.15) is 34.4 Å². The van der Waals surface area contributed by atoms with Gasteiger partial charge in [-0.1, -0.05) is 0 Å². The fourth-order valence-corrected chi connectivity index (χ4v) is 2.52. The molecule has 2 heterocycles. The van der Waals surface area contributed by atoms with Gasteiger partial charge in [0.2, 0.25) is 5.69 Å². The lowest BCUT2D eigenvalue weighted by Crippen LogP contribution is -2.27. The van der Waals surface area contributed by atoms with Crippen LogP contribution in [-0.4, -0.2) is 42.3 Å². The van der Waals surface area contributed by atoms with E-state index in [0.717, 1.165) is 23.5 Å². The van der Waals surface area contributed by atoms with Crippen molar-refractivity contribution in [3.8, 4) is 0 Å². The molecule has 0 radical (unpaired) electrons. The summed E-state index contributed by atoms with van der Waals surface area (Å²) < 4.78 is 3.14. The van der Waals surface area contributed by atoms with E-state index in [1.165, 1.54) is 15.8 Å². The molecule has 2 aromatic heterocycles. The number of nitrogens with zero attached hydrogens (tertiary/aromatic N) is 6. The van der Waals surface area contributed by atoms with Gasteiger partial charge in [-0.15, -0.1) is 0 Å². The molecule has 2 rings (SSSR count). The summed E-state index contributed by atoms with van der Waals surface area (Å²) in [7, 11) is 3.15. The monoisotopic (exact) mass is 320 g/mol. The molecule has 0 saturated carbocycles. The first-order valence-corrected chi connectivity index (χ1v) is 7.22. The minimum Gasteiger partial charge on any atom is -0.336 e. The van der Waals surface area contributed by atoms with E-state index in [-0.39, 0.29) is 11.4 Å². The number of aryl methyl sites for hydroxylation is 3. The van der Waals surface area contributed by atoms with E-state index in [9.17, 15) is 14.9 Å². The van der Waals surface area contributed by atoms with Crippen LogP contribution in [0.25, 0.3) is 0 Å². The van der Waals surface area contributed by atoms with Crippen LogP contribution >= 0.6 is 0 Å². The lowest BCUT2D eigenvalue weighted by molar-refractivity contribution is -0.385. The molecule has 0 unspecified atom stereocenters. The van der Waals surface area contributed by atoms with Gasteiger partial charge < -0.3 is 4.90 Å². The van der Waals surface area contributed by atoms with Crippen LogP contribution in [0.3, 0.4) is 0 Å². The largest absolute Gasteiger partial charge is 0.336 e. The Morgan fingerprint density at radius 2 is 2.04 bits per heavy atom. The second kappa shape index (κ2) is 6.19. The average molecular weight is 320 g/mol. The SMILES string of the molecule is CCn1nc(C)c(CN(C)C(=O)c2nn(C)cc2[N+](=O)[O-])c1C. The third kappa shape index (κ3) is 3.08. The zero-order chi connectivity index (χ0) is 17.3. The molecule has 2 aromatic rings. The van der Waals surface area contributed by atoms with Crippen molar-refractivity contribution in [3.63, 3.8) is 0 Å². The van der Waals surface area contributed by atoms with Crippen molar-refractivity contribution in [1.82, 2.24) is 24.5 Å². The minimum absolute atomic E-state index is 0.154. The normalized spacial score (nSPS) is 10.8. The Balaban J connectivity index is 2.28. The molecule has 0 aliphatic rings. The van der Waals surface area contributed by atoms with Gasteiger partial charge in [-0.05, 0) is 20.8 Å². The highest BCUT2D eigenvalue weighted by atomic mass is 16.6. The lowest BCUT2D eigenvalue weighted by atomic mass is 10.2. The number of carbonyl (C=O) groups is 1. The summed E-state index contributed by atoms with van der Waals surface area (Å²) in [4.78, 5) is 24.4. The van der Waals surface area contributed by atoms with Crippen LogP contribution in [0.4, 0.5) is 5.69 Å². The van der Waals surface area contributed by atoms with E-state index < -0.39 is 10.8 Å². The van der Waals surface area contributed by atoms with Crippen molar-refractivity contribution in [2.45, 2.75) is 33.9 Å². The third-order valence-electron chi connectivity index (χ3n) is 3.78. The fourth-order valence-electron chi connectivity index (χ4n) is 2.52. The summed E-state index contributed by atoms with van der Waals surface area (Å²) in [5, 5.41) is 19.4. The number of hydrogen-bond donors (Lipinski definition) is 0. The zero-order valence-electron chi connectivity index (χ0n) is 13.9. The lowest BCUT2D eigenvalue weighted by Gasteiger charge is -2.16. The molecule has 0 aliphatic heterocycles. The van der Waals surface area contributed by atoms with Crippen LogP contribution in [0.15, 0.2) is 6.20 Å². The van der Waals surface area contributed by atoms with E-state index >= 15 is 0 Å². The highest BCUT2D eigenvalue weighted by molar-refractivity contribution is 5.95. The topological polar surface area (TPSA) is 99.1 Å². The quantitative estimate of drug-likeness (QED) is 0.613. The third-order valence-corrected chi connectivity index (χ3v) is 3.78. The van der Waals surface area contributed by atoms with Crippen LogP contribution in [0.2, 0.25) is 0 Å². The Bertz CT molecular complexity index is 761. The van der Waals surface area contributed by atoms with Crippen LogP contribution in [0.5, 0.6) is 0 Å². The van der Waals surface area contributed by atoms with Crippen LogP contribution in [-0.2, 0) is 20.1 Å². The van der Waals surface area contributed by atoms with Gasteiger partial charge in [0.05, 0.1) is 10.6 Å². The molecular formula is C14H20N6O3. The number of rotatable bonds is 5. The molecule has 1 amide bonds. The molecule has 0 atom stereocenters. The van der Waals surface area contributed by atoms with Crippen molar-refractivity contribution in [2.24, 2.45) is 7.05 Å². The van der Waals surface area contributed by atoms with Gasteiger partial charge in [0.15, 0.2) is 0 Å². The molecule has 0 aromatic carbocycles. The minimum atomic E-state index is -0.598. The molecule has 124 valence electrons. The Kier molecular flexibility index (Phi) is 4.48. The highest BCUT2D eigenvalue weighted by Gasteiger charge is 2.28. The number of carbonyl (C=O) groups excluding carboxylic acids is 1. The molecule has 0 N–H and O–H groups in total. The number of hydrogen-bond acceptors (Lipinski definition) is 5. The maximum absolute atomic E-state index is 12.5. The maximum atomic E-state index is 12.5. The summed E-state index contributed by atoms with van der Waals surface area (Å²) in [6, 6.07) is 0. The summed E-state index contributed by atoms with van der Waals surface area (Å²) in [5.74, 6) is -0.486. The van der Waals surface area contributed by atoms with Crippen LogP contribution < -0.4 is 0 Å². The van der Waals surface area contributed by atoms with Gasteiger partial charge in [0.25, 0.3) is 5.91 Å². The van der Waals surface area contributed by atoms with Crippen molar-refractivity contribution >= 4 is 11.6 Å². The molecule has 9 heteroatoms. The summed E-state index contributed by atoms with van der Waals surface area (Å²) in [6.07, 6.45) is 1.23. The van der Waals surface area contributed by atoms with Gasteiger partial charge in [-0.3, -0.25) is 24.3 Å². The maximum Gasteiger partial charge on any atom is 0.320 e.